The zero-order valence-electron chi connectivity index (χ0n) is 13.7. The monoisotopic (exact) mass is 336 g/mol. The van der Waals surface area contributed by atoms with E-state index < -0.39 is 0 Å². The fraction of sp³-hybridized carbons (Fsp3) is 0.500. The van der Waals surface area contributed by atoms with Crippen LogP contribution >= 0.6 is 0 Å². The van der Waals surface area contributed by atoms with E-state index in [0.717, 1.165) is 0 Å². The summed E-state index contributed by atoms with van der Waals surface area (Å²) in [6.45, 7) is 3.33. The molecule has 8 heteroatoms. The second-order valence-corrected chi connectivity index (χ2v) is 5.72. The van der Waals surface area contributed by atoms with Gasteiger partial charge in [0.05, 0.1) is 25.4 Å². The fourth-order valence-corrected chi connectivity index (χ4v) is 2.60. The van der Waals surface area contributed by atoms with E-state index in [1.807, 2.05) is 0 Å². The molecule has 0 spiro atoms. The maximum Gasteiger partial charge on any atom is 0.238 e. The van der Waals surface area contributed by atoms with Gasteiger partial charge in [-0.3, -0.25) is 14.5 Å². The van der Waals surface area contributed by atoms with E-state index in [2.05, 4.69) is 5.32 Å². The standard InChI is InChI=1S/C16H20N2O6/c1-10(19)11-5-13-14(24-9-23-13)6-12(11)17-15(20)7-18(2)8-16-21-3-4-22-16/h5-6,16H,3-4,7-9H2,1-2H3,(H,17,20). The van der Waals surface area contributed by atoms with Gasteiger partial charge < -0.3 is 24.3 Å². The summed E-state index contributed by atoms with van der Waals surface area (Å²) in [5.41, 5.74) is 0.802. The minimum absolute atomic E-state index is 0.105. The van der Waals surface area contributed by atoms with Gasteiger partial charge in [-0.1, -0.05) is 0 Å². The van der Waals surface area contributed by atoms with E-state index >= 15 is 0 Å². The summed E-state index contributed by atoms with van der Waals surface area (Å²) >= 11 is 0. The average Bonchev–Trinajstić information content (AvgIpc) is 3.16. The zero-order valence-corrected chi connectivity index (χ0v) is 13.7. The van der Waals surface area contributed by atoms with Crippen molar-refractivity contribution in [1.82, 2.24) is 4.90 Å². The number of hydrogen-bond donors (Lipinski definition) is 1. The Morgan fingerprint density at radius 1 is 1.21 bits per heavy atom. The predicted octanol–water partition coefficient (Wildman–Crippen LogP) is 0.861. The molecule has 1 saturated heterocycles. The maximum absolute atomic E-state index is 12.3. The number of Topliss-reactive ketones (excluding diaryl/α,β-unsaturated/α-hetero) is 1. The lowest BCUT2D eigenvalue weighted by Gasteiger charge is -2.19. The van der Waals surface area contributed by atoms with E-state index in [1.54, 1.807) is 24.1 Å². The van der Waals surface area contributed by atoms with Crippen LogP contribution in [0.3, 0.4) is 0 Å². The summed E-state index contributed by atoms with van der Waals surface area (Å²) in [6.07, 6.45) is -0.305. The molecule has 24 heavy (non-hydrogen) atoms. The van der Waals surface area contributed by atoms with Gasteiger partial charge in [-0.25, -0.2) is 0 Å². The highest BCUT2D eigenvalue weighted by Gasteiger charge is 2.22. The number of carbonyl (C=O) groups is 2. The van der Waals surface area contributed by atoms with Crippen LogP contribution in [-0.4, -0.2) is 63.0 Å². The number of rotatable bonds is 6. The van der Waals surface area contributed by atoms with Crippen molar-refractivity contribution < 1.29 is 28.5 Å². The van der Waals surface area contributed by atoms with Gasteiger partial charge in [-0.2, -0.15) is 0 Å². The number of ketones is 1. The molecule has 130 valence electrons. The first-order chi connectivity index (χ1) is 11.5. The maximum atomic E-state index is 12.3. The molecule has 1 fully saturated rings. The van der Waals surface area contributed by atoms with Crippen molar-refractivity contribution in [1.29, 1.82) is 0 Å². The van der Waals surface area contributed by atoms with E-state index in [9.17, 15) is 9.59 Å². The molecule has 0 unspecified atom stereocenters. The molecular weight excluding hydrogens is 316 g/mol. The molecule has 1 aromatic rings. The third-order valence-electron chi connectivity index (χ3n) is 3.73. The number of benzene rings is 1. The highest BCUT2D eigenvalue weighted by atomic mass is 16.7. The zero-order chi connectivity index (χ0) is 17.1. The number of amides is 1. The van der Waals surface area contributed by atoms with Gasteiger partial charge in [-0.15, -0.1) is 0 Å². The second-order valence-electron chi connectivity index (χ2n) is 5.72. The van der Waals surface area contributed by atoms with Crippen molar-refractivity contribution >= 4 is 17.4 Å². The van der Waals surface area contributed by atoms with Crippen molar-refractivity contribution in [2.75, 3.05) is 45.5 Å². The molecular formula is C16H20N2O6. The number of fused-ring (bicyclic) bond motifs is 1. The highest BCUT2D eigenvalue weighted by molar-refractivity contribution is 6.05. The first-order valence-electron chi connectivity index (χ1n) is 7.69. The summed E-state index contributed by atoms with van der Waals surface area (Å²) in [5.74, 6) is 0.615. The molecule has 0 saturated carbocycles. The van der Waals surface area contributed by atoms with Crippen molar-refractivity contribution in [2.45, 2.75) is 13.2 Å². The molecule has 0 aliphatic carbocycles. The number of carbonyl (C=O) groups excluding carboxylic acids is 2. The molecule has 0 atom stereocenters. The normalized spacial score (nSPS) is 16.6. The van der Waals surface area contributed by atoms with E-state index in [1.165, 1.54) is 6.92 Å². The fourth-order valence-electron chi connectivity index (χ4n) is 2.60. The minimum Gasteiger partial charge on any atom is -0.454 e. The Balaban J connectivity index is 1.64. The number of hydrogen-bond acceptors (Lipinski definition) is 7. The molecule has 8 nitrogen and oxygen atoms in total. The molecule has 2 aliphatic rings. The van der Waals surface area contributed by atoms with Crippen LogP contribution in [0.25, 0.3) is 0 Å². The molecule has 2 aliphatic heterocycles. The highest BCUT2D eigenvalue weighted by Crippen LogP contribution is 2.37. The van der Waals surface area contributed by atoms with Crippen LogP contribution in [0.1, 0.15) is 17.3 Å². The first kappa shape index (κ1) is 16.7. The lowest BCUT2D eigenvalue weighted by atomic mass is 10.1. The summed E-state index contributed by atoms with van der Waals surface area (Å²) in [4.78, 5) is 25.9. The quantitative estimate of drug-likeness (QED) is 0.771. The molecule has 2 heterocycles. The van der Waals surface area contributed by atoms with Crippen molar-refractivity contribution in [3.05, 3.63) is 17.7 Å². The number of likely N-dealkylation sites (N-methyl/N-ethyl adjacent to an activating group) is 1. The SMILES string of the molecule is CC(=O)c1cc2c(cc1NC(=O)CN(C)CC1OCCO1)OCO2. The predicted molar refractivity (Wildman–Crippen MR) is 84.4 cm³/mol. The molecule has 1 amide bonds. The Labute approximate surface area is 139 Å². The van der Waals surface area contributed by atoms with Crippen LogP contribution in [0.5, 0.6) is 11.5 Å². The minimum atomic E-state index is -0.305. The number of nitrogens with one attached hydrogen (secondary N) is 1. The van der Waals surface area contributed by atoms with Crippen LogP contribution in [0.2, 0.25) is 0 Å². The van der Waals surface area contributed by atoms with Gasteiger partial charge in [0.25, 0.3) is 0 Å². The number of ether oxygens (including phenoxy) is 4. The van der Waals surface area contributed by atoms with Gasteiger partial charge in [0.1, 0.15) is 0 Å². The second kappa shape index (κ2) is 7.16. The molecule has 3 rings (SSSR count). The number of anilines is 1. The van der Waals surface area contributed by atoms with E-state index in [4.69, 9.17) is 18.9 Å². The molecule has 0 bridgehead atoms. The Bertz CT molecular complexity index is 642. The van der Waals surface area contributed by atoms with Gasteiger partial charge in [0, 0.05) is 18.2 Å². The summed E-state index contributed by atoms with van der Waals surface area (Å²) in [6, 6.07) is 3.20. The molecule has 0 radical (unpaired) electrons. The Kier molecular flexibility index (Phi) is 4.98. The summed E-state index contributed by atoms with van der Waals surface area (Å²) < 4.78 is 21.3. The van der Waals surface area contributed by atoms with Gasteiger partial charge in [-0.05, 0) is 20.0 Å². The Hall–Kier alpha value is -2.16. The van der Waals surface area contributed by atoms with Crippen molar-refractivity contribution in [3.8, 4) is 11.5 Å². The summed E-state index contributed by atoms with van der Waals surface area (Å²) in [7, 11) is 1.80. The first-order valence-corrected chi connectivity index (χ1v) is 7.69. The third-order valence-corrected chi connectivity index (χ3v) is 3.73. The van der Waals surface area contributed by atoms with Gasteiger partial charge >= 0.3 is 0 Å². The Morgan fingerprint density at radius 2 is 1.88 bits per heavy atom. The van der Waals surface area contributed by atoms with Crippen molar-refractivity contribution in [3.63, 3.8) is 0 Å². The van der Waals surface area contributed by atoms with Crippen LogP contribution in [-0.2, 0) is 14.3 Å². The van der Waals surface area contributed by atoms with E-state index in [0.29, 0.717) is 42.5 Å². The molecule has 1 N–H and O–H groups in total. The van der Waals surface area contributed by atoms with Gasteiger partial charge in [0.15, 0.2) is 23.6 Å². The largest absolute Gasteiger partial charge is 0.454 e. The van der Waals surface area contributed by atoms with Gasteiger partial charge in [0.2, 0.25) is 12.7 Å². The van der Waals surface area contributed by atoms with Crippen LogP contribution in [0.4, 0.5) is 5.69 Å². The van der Waals surface area contributed by atoms with E-state index in [-0.39, 0.29) is 31.3 Å². The Morgan fingerprint density at radius 3 is 2.54 bits per heavy atom. The lowest BCUT2D eigenvalue weighted by Crippen LogP contribution is -2.36. The summed E-state index contributed by atoms with van der Waals surface area (Å²) in [5, 5.41) is 2.76. The number of nitrogens with zero attached hydrogens (tertiary/aromatic N) is 1. The third kappa shape index (κ3) is 3.84. The smallest absolute Gasteiger partial charge is 0.238 e. The lowest BCUT2D eigenvalue weighted by molar-refractivity contribution is -0.118. The topological polar surface area (TPSA) is 86.3 Å². The molecule has 1 aromatic carbocycles. The van der Waals surface area contributed by atoms with Crippen LogP contribution in [0, 0.1) is 0 Å². The van der Waals surface area contributed by atoms with Crippen molar-refractivity contribution in [2.24, 2.45) is 0 Å². The van der Waals surface area contributed by atoms with Crippen LogP contribution < -0.4 is 14.8 Å². The van der Waals surface area contributed by atoms with Crippen LogP contribution in [0.15, 0.2) is 12.1 Å². The molecule has 0 aromatic heterocycles. The average molecular weight is 336 g/mol.